The van der Waals surface area contributed by atoms with Crippen molar-refractivity contribution in [3.8, 4) is 0 Å². The molecule has 2 rings (SSSR count). The van der Waals surface area contributed by atoms with Crippen LogP contribution in [0.1, 0.15) is 20.7 Å². The summed E-state index contributed by atoms with van der Waals surface area (Å²) in [4.78, 5) is 37.8. The lowest BCUT2D eigenvalue weighted by atomic mass is 10.0. The van der Waals surface area contributed by atoms with Crippen LogP contribution in [-0.2, 0) is 0 Å². The van der Waals surface area contributed by atoms with Crippen LogP contribution in [0.15, 0.2) is 48.5 Å². The fourth-order valence-corrected chi connectivity index (χ4v) is 2.31. The molecule has 2 aromatic rings. The van der Waals surface area contributed by atoms with Gasteiger partial charge in [0.05, 0.1) is 16.8 Å². The predicted octanol–water partition coefficient (Wildman–Crippen LogP) is 2.78. The van der Waals surface area contributed by atoms with Crippen molar-refractivity contribution in [1.29, 1.82) is 0 Å². The van der Waals surface area contributed by atoms with Gasteiger partial charge in [0.15, 0.2) is 0 Å². The van der Waals surface area contributed by atoms with Crippen LogP contribution in [0.25, 0.3) is 0 Å². The Kier molecular flexibility index (Phi) is 4.84. The standard InChI is InChI=1S/C17H16N2O5/c1-18(11-7-4-3-5-8-11)17(24)19(2)13-10-6-9-12(15(20)21)14(13)16(22)23/h3-10H,1-2H3,(H,20,21)(H,22,23). The van der Waals surface area contributed by atoms with Crippen LogP contribution in [0.4, 0.5) is 16.2 Å². The van der Waals surface area contributed by atoms with Gasteiger partial charge in [-0.15, -0.1) is 0 Å². The van der Waals surface area contributed by atoms with Crippen molar-refractivity contribution in [1.82, 2.24) is 0 Å². The van der Waals surface area contributed by atoms with Crippen LogP contribution in [-0.4, -0.2) is 42.3 Å². The minimum Gasteiger partial charge on any atom is -0.478 e. The summed E-state index contributed by atoms with van der Waals surface area (Å²) in [5, 5.41) is 18.5. The molecule has 7 nitrogen and oxygen atoms in total. The predicted molar refractivity (Wildman–Crippen MR) is 89.0 cm³/mol. The van der Waals surface area contributed by atoms with Crippen LogP contribution in [0.2, 0.25) is 0 Å². The van der Waals surface area contributed by atoms with Crippen molar-refractivity contribution >= 4 is 29.3 Å². The van der Waals surface area contributed by atoms with E-state index in [0.717, 1.165) is 4.90 Å². The Labute approximate surface area is 138 Å². The largest absolute Gasteiger partial charge is 0.478 e. The lowest BCUT2D eigenvalue weighted by molar-refractivity contribution is 0.0652. The fraction of sp³-hybridized carbons (Fsp3) is 0.118. The van der Waals surface area contributed by atoms with Gasteiger partial charge in [0.2, 0.25) is 0 Å². The summed E-state index contributed by atoms with van der Waals surface area (Å²) < 4.78 is 0. The SMILES string of the molecule is CN(C(=O)N(C)c1cccc(C(=O)O)c1C(=O)O)c1ccccc1. The quantitative estimate of drug-likeness (QED) is 0.899. The van der Waals surface area contributed by atoms with E-state index in [0.29, 0.717) is 5.69 Å². The van der Waals surface area contributed by atoms with Gasteiger partial charge >= 0.3 is 18.0 Å². The highest BCUT2D eigenvalue weighted by atomic mass is 16.4. The maximum absolute atomic E-state index is 12.6. The van der Waals surface area contributed by atoms with E-state index in [1.54, 1.807) is 31.3 Å². The highest BCUT2D eigenvalue weighted by Gasteiger charge is 2.26. The van der Waals surface area contributed by atoms with Gasteiger partial charge in [-0.05, 0) is 24.3 Å². The third-order valence-electron chi connectivity index (χ3n) is 3.57. The van der Waals surface area contributed by atoms with Crippen LogP contribution in [0, 0.1) is 0 Å². The number of carboxylic acids is 2. The molecule has 0 heterocycles. The van der Waals surface area contributed by atoms with Crippen molar-refractivity contribution in [3.63, 3.8) is 0 Å². The minimum atomic E-state index is -1.41. The maximum atomic E-state index is 12.6. The molecule has 0 spiro atoms. The van der Waals surface area contributed by atoms with E-state index in [4.69, 9.17) is 5.11 Å². The van der Waals surface area contributed by atoms with Gasteiger partial charge in [-0.25, -0.2) is 14.4 Å². The molecule has 24 heavy (non-hydrogen) atoms. The summed E-state index contributed by atoms with van der Waals surface area (Å²) in [5.74, 6) is -2.78. The molecule has 2 aromatic carbocycles. The highest BCUT2D eigenvalue weighted by Crippen LogP contribution is 2.25. The van der Waals surface area contributed by atoms with Gasteiger partial charge in [0.25, 0.3) is 0 Å². The van der Waals surface area contributed by atoms with Crippen molar-refractivity contribution in [2.75, 3.05) is 23.9 Å². The number of urea groups is 1. The van der Waals surface area contributed by atoms with E-state index < -0.39 is 23.5 Å². The molecule has 0 fully saturated rings. The third-order valence-corrected chi connectivity index (χ3v) is 3.57. The maximum Gasteiger partial charge on any atom is 0.338 e. The number of benzene rings is 2. The number of carboxylic acid groups (broad SMARTS) is 2. The number of carbonyl (C=O) groups is 3. The van der Waals surface area contributed by atoms with Crippen LogP contribution in [0.3, 0.4) is 0 Å². The molecule has 0 aliphatic carbocycles. The molecule has 0 atom stereocenters. The first-order valence-electron chi connectivity index (χ1n) is 7.00. The van der Waals surface area contributed by atoms with Gasteiger partial charge in [0.1, 0.15) is 0 Å². The van der Waals surface area contributed by atoms with Crippen LogP contribution in [0.5, 0.6) is 0 Å². The number of amides is 2. The van der Waals surface area contributed by atoms with Crippen molar-refractivity contribution in [2.24, 2.45) is 0 Å². The van der Waals surface area contributed by atoms with Crippen molar-refractivity contribution in [2.45, 2.75) is 0 Å². The zero-order chi connectivity index (χ0) is 17.9. The van der Waals surface area contributed by atoms with Crippen LogP contribution >= 0.6 is 0 Å². The number of aromatic carboxylic acids is 2. The molecule has 0 saturated carbocycles. The van der Waals surface area contributed by atoms with Gasteiger partial charge in [-0.2, -0.15) is 0 Å². The van der Waals surface area contributed by atoms with Crippen LogP contribution < -0.4 is 9.80 Å². The molecular formula is C17H16N2O5. The molecule has 7 heteroatoms. The number of hydrogen-bond acceptors (Lipinski definition) is 3. The molecule has 0 aliphatic heterocycles. The number of anilines is 2. The van der Waals surface area contributed by atoms with E-state index in [9.17, 15) is 19.5 Å². The second kappa shape index (κ2) is 6.82. The monoisotopic (exact) mass is 328 g/mol. The highest BCUT2D eigenvalue weighted by molar-refractivity contribution is 6.11. The molecule has 0 aliphatic rings. The summed E-state index contributed by atoms with van der Waals surface area (Å²) in [7, 11) is 2.95. The number of nitrogens with zero attached hydrogens (tertiary/aromatic N) is 2. The van der Waals surface area contributed by atoms with Gasteiger partial charge in [-0.1, -0.05) is 24.3 Å². The summed E-state index contributed by atoms with van der Waals surface area (Å²) >= 11 is 0. The molecule has 0 bridgehead atoms. The first-order chi connectivity index (χ1) is 11.3. The van der Waals surface area contributed by atoms with E-state index >= 15 is 0 Å². The molecule has 2 amide bonds. The smallest absolute Gasteiger partial charge is 0.338 e. The summed E-state index contributed by atoms with van der Waals surface area (Å²) in [6, 6.07) is 12.3. The molecule has 124 valence electrons. The summed E-state index contributed by atoms with van der Waals surface area (Å²) in [6.45, 7) is 0. The Hall–Kier alpha value is -3.35. The lowest BCUT2D eigenvalue weighted by Gasteiger charge is -2.26. The molecular weight excluding hydrogens is 312 g/mol. The Morgan fingerprint density at radius 2 is 1.42 bits per heavy atom. The Balaban J connectivity index is 2.44. The van der Waals surface area contributed by atoms with E-state index in [2.05, 4.69) is 0 Å². The first-order valence-corrected chi connectivity index (χ1v) is 7.00. The van der Waals surface area contributed by atoms with Gasteiger partial charge in [0, 0.05) is 19.8 Å². The normalized spacial score (nSPS) is 10.1. The average molecular weight is 328 g/mol. The number of para-hydroxylation sites is 1. The number of rotatable bonds is 4. The second-order valence-corrected chi connectivity index (χ2v) is 5.05. The van der Waals surface area contributed by atoms with E-state index in [1.165, 1.54) is 30.1 Å². The van der Waals surface area contributed by atoms with Crippen molar-refractivity contribution < 1.29 is 24.6 Å². The molecule has 0 saturated heterocycles. The van der Waals surface area contributed by atoms with Gasteiger partial charge in [-0.3, -0.25) is 9.80 Å². The van der Waals surface area contributed by atoms with Crippen molar-refractivity contribution in [3.05, 3.63) is 59.7 Å². The second-order valence-electron chi connectivity index (χ2n) is 5.05. The Morgan fingerprint density at radius 3 is 1.96 bits per heavy atom. The fourth-order valence-electron chi connectivity index (χ4n) is 2.31. The molecule has 2 N–H and O–H groups in total. The average Bonchev–Trinajstić information content (AvgIpc) is 2.59. The molecule has 0 radical (unpaired) electrons. The Morgan fingerprint density at radius 1 is 0.792 bits per heavy atom. The first kappa shape index (κ1) is 17.0. The van der Waals surface area contributed by atoms with E-state index in [1.807, 2.05) is 6.07 Å². The topological polar surface area (TPSA) is 98.2 Å². The lowest BCUT2D eigenvalue weighted by Crippen LogP contribution is -2.39. The summed E-state index contributed by atoms with van der Waals surface area (Å²) in [5.41, 5.74) is -0.167. The Bertz CT molecular complexity index is 789. The third kappa shape index (κ3) is 3.19. The van der Waals surface area contributed by atoms with Gasteiger partial charge < -0.3 is 10.2 Å². The molecule has 0 unspecified atom stereocenters. The van der Waals surface area contributed by atoms with E-state index in [-0.39, 0.29) is 11.3 Å². The number of hydrogen-bond donors (Lipinski definition) is 2. The molecule has 0 aromatic heterocycles. The zero-order valence-corrected chi connectivity index (χ0v) is 13.1. The minimum absolute atomic E-state index is 0.00943. The zero-order valence-electron chi connectivity index (χ0n) is 13.1. The number of carbonyl (C=O) groups excluding carboxylic acids is 1. The summed E-state index contributed by atoms with van der Waals surface area (Å²) in [6.07, 6.45) is 0.